The molecule has 0 atom stereocenters. The lowest BCUT2D eigenvalue weighted by Crippen LogP contribution is -2.31. The van der Waals surface area contributed by atoms with Gasteiger partial charge in [0.15, 0.2) is 5.56 Å². The molecule has 0 aliphatic carbocycles. The third kappa shape index (κ3) is 2.89. The minimum Gasteiger partial charge on any atom is -0.493 e. The molecule has 0 saturated carbocycles. The van der Waals surface area contributed by atoms with Gasteiger partial charge in [-0.1, -0.05) is 12.1 Å². The lowest BCUT2D eigenvalue weighted by atomic mass is 10.2. The van der Waals surface area contributed by atoms with E-state index in [4.69, 9.17) is 0 Å². The summed E-state index contributed by atoms with van der Waals surface area (Å²) in [6.07, 6.45) is 3.17. The smallest absolute Gasteiger partial charge is 0.274 e. The summed E-state index contributed by atoms with van der Waals surface area (Å²) in [5.41, 5.74) is 0.759. The fraction of sp³-hybridized carbons (Fsp3) is 0.125. The van der Waals surface area contributed by atoms with Crippen LogP contribution in [0.1, 0.15) is 21.6 Å². The molecule has 23 heavy (non-hydrogen) atoms. The van der Waals surface area contributed by atoms with Crippen molar-refractivity contribution in [2.24, 2.45) is 0 Å². The molecular weight excluding hydrogens is 296 g/mol. The SMILES string of the molecule is Cc1ccc2nc(O)c(C(=O)NCc3ccccn3)c(=O)n2c1. The number of aromatic nitrogens is 3. The standard InChI is InChI=1S/C16H14N4O3/c1-10-5-6-12-19-15(22)13(16(23)20(12)9-10)14(21)18-8-11-4-2-3-7-17-11/h2-7,9,22H,8H2,1H3,(H,18,21). The molecule has 2 N–H and O–H groups in total. The number of fused-ring (bicyclic) bond motifs is 1. The van der Waals surface area contributed by atoms with E-state index in [1.165, 1.54) is 4.40 Å². The van der Waals surface area contributed by atoms with Gasteiger partial charge in [-0.2, -0.15) is 4.98 Å². The van der Waals surface area contributed by atoms with E-state index in [2.05, 4.69) is 15.3 Å². The second kappa shape index (κ2) is 5.88. The summed E-state index contributed by atoms with van der Waals surface area (Å²) < 4.78 is 1.24. The number of hydrogen-bond acceptors (Lipinski definition) is 5. The van der Waals surface area contributed by atoms with Gasteiger partial charge >= 0.3 is 0 Å². The lowest BCUT2D eigenvalue weighted by molar-refractivity contribution is 0.0945. The highest BCUT2D eigenvalue weighted by molar-refractivity contribution is 5.96. The minimum absolute atomic E-state index is 0.148. The summed E-state index contributed by atoms with van der Waals surface area (Å²) in [6, 6.07) is 8.67. The quantitative estimate of drug-likeness (QED) is 0.753. The van der Waals surface area contributed by atoms with Crippen LogP contribution in [0.2, 0.25) is 0 Å². The van der Waals surface area contributed by atoms with E-state index in [0.29, 0.717) is 5.69 Å². The van der Waals surface area contributed by atoms with Gasteiger partial charge < -0.3 is 10.4 Å². The second-order valence-corrected chi connectivity index (χ2v) is 5.05. The molecule has 1 amide bonds. The Kier molecular flexibility index (Phi) is 3.76. The van der Waals surface area contributed by atoms with Crippen molar-refractivity contribution in [2.75, 3.05) is 0 Å². The number of nitrogens with zero attached hydrogens (tertiary/aromatic N) is 3. The molecule has 3 aromatic rings. The van der Waals surface area contributed by atoms with Crippen LogP contribution in [0.5, 0.6) is 5.88 Å². The van der Waals surface area contributed by atoms with Gasteiger partial charge in [0.2, 0.25) is 5.88 Å². The first-order chi connectivity index (χ1) is 11.1. The predicted octanol–water partition coefficient (Wildman–Crippen LogP) is 1.03. The molecule has 3 rings (SSSR count). The van der Waals surface area contributed by atoms with Crippen LogP contribution in [-0.2, 0) is 6.54 Å². The van der Waals surface area contributed by atoms with E-state index < -0.39 is 17.3 Å². The number of nitrogens with one attached hydrogen (secondary N) is 1. The first kappa shape index (κ1) is 14.7. The Morgan fingerprint density at radius 2 is 2.13 bits per heavy atom. The third-order valence-electron chi connectivity index (χ3n) is 3.33. The summed E-state index contributed by atoms with van der Waals surface area (Å²) in [5, 5.41) is 12.5. The zero-order chi connectivity index (χ0) is 16.4. The molecule has 0 aromatic carbocycles. The Morgan fingerprint density at radius 3 is 2.87 bits per heavy atom. The average Bonchev–Trinajstić information content (AvgIpc) is 2.55. The van der Waals surface area contributed by atoms with Gasteiger partial charge in [-0.25, -0.2) is 0 Å². The Labute approximate surface area is 131 Å². The summed E-state index contributed by atoms with van der Waals surface area (Å²) in [6.45, 7) is 1.97. The molecule has 0 aliphatic heterocycles. The van der Waals surface area contributed by atoms with E-state index in [9.17, 15) is 14.7 Å². The minimum atomic E-state index is -0.693. The Balaban J connectivity index is 1.95. The van der Waals surface area contributed by atoms with Crippen molar-refractivity contribution in [3.05, 3.63) is 69.9 Å². The van der Waals surface area contributed by atoms with E-state index in [1.54, 1.807) is 42.7 Å². The number of rotatable bonds is 3. The van der Waals surface area contributed by atoms with Crippen LogP contribution in [0.4, 0.5) is 0 Å². The normalized spacial score (nSPS) is 10.7. The monoisotopic (exact) mass is 310 g/mol. The second-order valence-electron chi connectivity index (χ2n) is 5.05. The molecular formula is C16H14N4O3. The van der Waals surface area contributed by atoms with E-state index in [-0.39, 0.29) is 17.8 Å². The number of aromatic hydroxyl groups is 1. The van der Waals surface area contributed by atoms with Crippen LogP contribution < -0.4 is 10.9 Å². The van der Waals surface area contributed by atoms with Crippen LogP contribution in [0.25, 0.3) is 5.65 Å². The van der Waals surface area contributed by atoms with Crippen LogP contribution in [0, 0.1) is 6.92 Å². The van der Waals surface area contributed by atoms with Gasteiger partial charge in [0, 0.05) is 12.4 Å². The number of aryl methyl sites for hydroxylation is 1. The van der Waals surface area contributed by atoms with Gasteiger partial charge in [-0.15, -0.1) is 0 Å². The zero-order valence-corrected chi connectivity index (χ0v) is 12.4. The van der Waals surface area contributed by atoms with Crippen molar-refractivity contribution in [2.45, 2.75) is 13.5 Å². The summed E-state index contributed by atoms with van der Waals surface area (Å²) in [5.74, 6) is -1.28. The number of carbonyl (C=O) groups excluding carboxylic acids is 1. The molecule has 0 radical (unpaired) electrons. The maximum Gasteiger partial charge on any atom is 0.274 e. The molecule has 0 fully saturated rings. The van der Waals surface area contributed by atoms with Crippen molar-refractivity contribution in [1.82, 2.24) is 19.7 Å². The average molecular weight is 310 g/mol. The van der Waals surface area contributed by atoms with Crippen LogP contribution >= 0.6 is 0 Å². The van der Waals surface area contributed by atoms with Crippen molar-refractivity contribution in [1.29, 1.82) is 0 Å². The van der Waals surface area contributed by atoms with Crippen LogP contribution in [0.3, 0.4) is 0 Å². The fourth-order valence-electron chi connectivity index (χ4n) is 2.19. The summed E-state index contributed by atoms with van der Waals surface area (Å²) in [4.78, 5) is 32.6. The molecule has 3 heterocycles. The Morgan fingerprint density at radius 1 is 1.30 bits per heavy atom. The molecule has 7 heteroatoms. The zero-order valence-electron chi connectivity index (χ0n) is 12.4. The molecule has 0 saturated heterocycles. The topological polar surface area (TPSA) is 96.6 Å². The van der Waals surface area contributed by atoms with Gasteiger partial charge in [0.25, 0.3) is 11.5 Å². The first-order valence-corrected chi connectivity index (χ1v) is 6.96. The summed E-state index contributed by atoms with van der Waals surface area (Å²) in [7, 11) is 0. The number of hydrogen-bond donors (Lipinski definition) is 2. The van der Waals surface area contributed by atoms with Crippen molar-refractivity contribution in [3.63, 3.8) is 0 Å². The molecule has 0 bridgehead atoms. The van der Waals surface area contributed by atoms with Gasteiger partial charge in [-0.05, 0) is 30.7 Å². The van der Waals surface area contributed by atoms with E-state index in [0.717, 1.165) is 5.56 Å². The molecule has 116 valence electrons. The maximum absolute atomic E-state index is 12.4. The molecule has 0 unspecified atom stereocenters. The molecule has 3 aromatic heterocycles. The lowest BCUT2D eigenvalue weighted by Gasteiger charge is -2.08. The molecule has 0 aliphatic rings. The highest BCUT2D eigenvalue weighted by Gasteiger charge is 2.19. The van der Waals surface area contributed by atoms with Crippen molar-refractivity contribution in [3.8, 4) is 5.88 Å². The van der Waals surface area contributed by atoms with Crippen molar-refractivity contribution >= 4 is 11.6 Å². The van der Waals surface area contributed by atoms with Gasteiger partial charge in [-0.3, -0.25) is 19.0 Å². The van der Waals surface area contributed by atoms with E-state index in [1.807, 2.05) is 6.92 Å². The van der Waals surface area contributed by atoms with Crippen molar-refractivity contribution < 1.29 is 9.90 Å². The number of carbonyl (C=O) groups is 1. The van der Waals surface area contributed by atoms with Crippen LogP contribution in [-0.4, -0.2) is 25.4 Å². The molecule has 7 nitrogen and oxygen atoms in total. The van der Waals surface area contributed by atoms with Crippen LogP contribution in [0.15, 0.2) is 47.5 Å². The highest BCUT2D eigenvalue weighted by Crippen LogP contribution is 2.12. The molecule has 0 spiro atoms. The first-order valence-electron chi connectivity index (χ1n) is 6.96. The Hall–Kier alpha value is -3.22. The maximum atomic E-state index is 12.4. The number of pyridine rings is 2. The predicted molar refractivity (Wildman–Crippen MR) is 83.3 cm³/mol. The Bertz CT molecular complexity index is 935. The number of amides is 1. The van der Waals surface area contributed by atoms with Gasteiger partial charge in [0.1, 0.15) is 5.65 Å². The van der Waals surface area contributed by atoms with E-state index >= 15 is 0 Å². The largest absolute Gasteiger partial charge is 0.493 e. The highest BCUT2D eigenvalue weighted by atomic mass is 16.3. The third-order valence-corrected chi connectivity index (χ3v) is 3.33. The fourth-order valence-corrected chi connectivity index (χ4v) is 2.19. The summed E-state index contributed by atoms with van der Waals surface area (Å²) >= 11 is 0. The van der Waals surface area contributed by atoms with Gasteiger partial charge in [0.05, 0.1) is 12.2 Å².